The fraction of sp³-hybridized carbons (Fsp3) is 0.667. The summed E-state index contributed by atoms with van der Waals surface area (Å²) in [6.07, 6.45) is 0.989. The van der Waals surface area contributed by atoms with E-state index in [-0.39, 0.29) is 16.9 Å². The number of piperazine rings is 1. The number of halogens is 1. The SMILES string of the molecule is COC(=O)c1c(C)nc(Cl)nc1C12CCC(CNC1)N2C(=O)OC(C)(C)C. The molecule has 2 aliphatic heterocycles. The molecule has 1 amide bonds. The summed E-state index contributed by atoms with van der Waals surface area (Å²) in [5.74, 6) is -0.549. The maximum atomic E-state index is 13.1. The van der Waals surface area contributed by atoms with Crippen molar-refractivity contribution in [2.75, 3.05) is 20.2 Å². The van der Waals surface area contributed by atoms with E-state index in [0.717, 1.165) is 6.42 Å². The molecule has 2 saturated heterocycles. The number of hydrogen-bond acceptors (Lipinski definition) is 7. The second-order valence-corrected chi connectivity index (χ2v) is 8.34. The number of ether oxygens (including phenoxy) is 2. The number of carbonyl (C=O) groups is 2. The van der Waals surface area contributed by atoms with E-state index in [0.29, 0.717) is 30.9 Å². The number of amides is 1. The summed E-state index contributed by atoms with van der Waals surface area (Å²) in [7, 11) is 1.31. The lowest BCUT2D eigenvalue weighted by atomic mass is 9.87. The van der Waals surface area contributed by atoms with Crippen molar-refractivity contribution >= 4 is 23.7 Å². The number of aryl methyl sites for hydroxylation is 1. The zero-order valence-corrected chi connectivity index (χ0v) is 17.0. The molecule has 3 rings (SSSR count). The van der Waals surface area contributed by atoms with E-state index in [1.165, 1.54) is 7.11 Å². The Hall–Kier alpha value is -1.93. The summed E-state index contributed by atoms with van der Waals surface area (Å²) in [6, 6.07) is -0.0480. The fourth-order valence-electron chi connectivity index (χ4n) is 3.99. The van der Waals surface area contributed by atoms with Crippen molar-refractivity contribution in [3.05, 3.63) is 22.2 Å². The van der Waals surface area contributed by atoms with Crippen LogP contribution < -0.4 is 5.32 Å². The summed E-state index contributed by atoms with van der Waals surface area (Å²) in [5.41, 5.74) is -0.393. The molecule has 9 heteroatoms. The predicted octanol–water partition coefficient (Wildman–Crippen LogP) is 2.42. The van der Waals surface area contributed by atoms with Crippen LogP contribution >= 0.6 is 11.6 Å². The molecule has 0 radical (unpaired) electrons. The van der Waals surface area contributed by atoms with Crippen molar-refractivity contribution in [3.63, 3.8) is 0 Å². The molecule has 2 unspecified atom stereocenters. The molecule has 3 heterocycles. The Morgan fingerprint density at radius 1 is 1.33 bits per heavy atom. The number of hydrogen-bond donors (Lipinski definition) is 1. The standard InChI is InChI=1S/C18H25ClN4O4/c1-10-12(14(24)26-5)13(22-15(19)21-10)18-7-6-11(8-20-9-18)23(18)16(25)27-17(2,3)4/h11,20H,6-9H2,1-5H3. The second kappa shape index (κ2) is 6.91. The predicted molar refractivity (Wildman–Crippen MR) is 98.8 cm³/mol. The van der Waals surface area contributed by atoms with Crippen LogP contribution in [0.3, 0.4) is 0 Å². The van der Waals surface area contributed by atoms with Crippen molar-refractivity contribution in [1.29, 1.82) is 0 Å². The zero-order valence-electron chi connectivity index (χ0n) is 16.3. The molecule has 0 aromatic carbocycles. The van der Waals surface area contributed by atoms with E-state index < -0.39 is 23.2 Å². The largest absolute Gasteiger partial charge is 0.465 e. The molecular formula is C18H25ClN4O4. The first-order valence-electron chi connectivity index (χ1n) is 8.95. The lowest BCUT2D eigenvalue weighted by molar-refractivity contribution is -0.0129. The Bertz CT molecular complexity index is 775. The van der Waals surface area contributed by atoms with E-state index in [4.69, 9.17) is 21.1 Å². The Labute approximate surface area is 163 Å². The minimum Gasteiger partial charge on any atom is -0.465 e. The van der Waals surface area contributed by atoms with Gasteiger partial charge in [-0.2, -0.15) is 0 Å². The molecule has 1 aromatic rings. The Kier molecular flexibility index (Phi) is 5.07. The number of esters is 1. The van der Waals surface area contributed by atoms with Crippen LogP contribution in [0.2, 0.25) is 5.28 Å². The van der Waals surface area contributed by atoms with Crippen LogP contribution in [0.4, 0.5) is 4.79 Å². The molecule has 0 spiro atoms. The topological polar surface area (TPSA) is 93.6 Å². The Morgan fingerprint density at radius 2 is 2.04 bits per heavy atom. The van der Waals surface area contributed by atoms with Crippen LogP contribution in [0.25, 0.3) is 0 Å². The van der Waals surface area contributed by atoms with E-state index in [1.54, 1.807) is 11.8 Å². The van der Waals surface area contributed by atoms with Gasteiger partial charge in [0.25, 0.3) is 0 Å². The number of rotatable bonds is 2. The molecule has 0 saturated carbocycles. The van der Waals surface area contributed by atoms with Gasteiger partial charge in [0.1, 0.15) is 16.7 Å². The van der Waals surface area contributed by atoms with Gasteiger partial charge in [-0.25, -0.2) is 19.6 Å². The molecule has 2 fully saturated rings. The van der Waals surface area contributed by atoms with Crippen LogP contribution in [0, 0.1) is 6.92 Å². The van der Waals surface area contributed by atoms with E-state index in [9.17, 15) is 9.59 Å². The summed E-state index contributed by atoms with van der Waals surface area (Å²) < 4.78 is 10.6. The first kappa shape index (κ1) is 19.8. The van der Waals surface area contributed by atoms with Crippen molar-refractivity contribution in [2.24, 2.45) is 0 Å². The lowest BCUT2D eigenvalue weighted by Crippen LogP contribution is -2.61. The second-order valence-electron chi connectivity index (χ2n) is 8.00. The number of nitrogens with zero attached hydrogens (tertiary/aromatic N) is 3. The number of fused-ring (bicyclic) bond motifs is 2. The van der Waals surface area contributed by atoms with Crippen LogP contribution in [-0.4, -0.2) is 58.8 Å². The summed E-state index contributed by atoms with van der Waals surface area (Å²) in [4.78, 5) is 35.8. The van der Waals surface area contributed by atoms with Gasteiger partial charge in [-0.05, 0) is 52.1 Å². The highest BCUT2D eigenvalue weighted by atomic mass is 35.5. The van der Waals surface area contributed by atoms with Gasteiger partial charge < -0.3 is 14.8 Å². The first-order valence-corrected chi connectivity index (χ1v) is 9.33. The molecule has 8 nitrogen and oxygen atoms in total. The van der Waals surface area contributed by atoms with Crippen molar-refractivity contribution in [1.82, 2.24) is 20.2 Å². The average molecular weight is 397 g/mol. The van der Waals surface area contributed by atoms with Crippen molar-refractivity contribution in [3.8, 4) is 0 Å². The minimum absolute atomic E-state index is 0.0303. The minimum atomic E-state index is -0.841. The number of methoxy groups -OCH3 is 1. The van der Waals surface area contributed by atoms with E-state index >= 15 is 0 Å². The summed E-state index contributed by atoms with van der Waals surface area (Å²) in [6.45, 7) is 8.26. The highest BCUT2D eigenvalue weighted by Crippen LogP contribution is 2.45. The third-order valence-corrected chi connectivity index (χ3v) is 5.17. The summed E-state index contributed by atoms with van der Waals surface area (Å²) in [5, 5.41) is 3.38. The van der Waals surface area contributed by atoms with Gasteiger partial charge in [0.05, 0.1) is 18.5 Å². The number of aromatic nitrogens is 2. The molecule has 2 bridgehead atoms. The molecular weight excluding hydrogens is 372 g/mol. The molecule has 1 aromatic heterocycles. The van der Waals surface area contributed by atoms with Crippen molar-refractivity contribution in [2.45, 2.75) is 57.7 Å². The van der Waals surface area contributed by atoms with Gasteiger partial charge in [0, 0.05) is 19.1 Å². The number of carbonyl (C=O) groups excluding carboxylic acids is 2. The molecule has 2 aliphatic rings. The monoisotopic (exact) mass is 396 g/mol. The quantitative estimate of drug-likeness (QED) is 0.606. The third-order valence-electron chi connectivity index (χ3n) is 5.00. The van der Waals surface area contributed by atoms with Gasteiger partial charge >= 0.3 is 12.1 Å². The maximum absolute atomic E-state index is 13.1. The van der Waals surface area contributed by atoms with Gasteiger partial charge in [-0.1, -0.05) is 0 Å². The first-order chi connectivity index (χ1) is 12.6. The Balaban J connectivity index is 2.16. The van der Waals surface area contributed by atoms with Crippen LogP contribution in [0.5, 0.6) is 0 Å². The van der Waals surface area contributed by atoms with Gasteiger partial charge in [0.15, 0.2) is 0 Å². The Morgan fingerprint density at radius 3 is 2.67 bits per heavy atom. The molecule has 148 valence electrons. The highest BCUT2D eigenvalue weighted by Gasteiger charge is 2.56. The van der Waals surface area contributed by atoms with E-state index in [2.05, 4.69) is 15.3 Å². The highest BCUT2D eigenvalue weighted by molar-refractivity contribution is 6.28. The lowest BCUT2D eigenvalue weighted by Gasteiger charge is -2.45. The smallest absolute Gasteiger partial charge is 0.411 e. The average Bonchev–Trinajstić information content (AvgIpc) is 2.79. The van der Waals surface area contributed by atoms with Crippen LogP contribution in [0.1, 0.15) is 55.4 Å². The fourth-order valence-corrected chi connectivity index (χ4v) is 4.20. The van der Waals surface area contributed by atoms with E-state index in [1.807, 2.05) is 20.8 Å². The number of nitrogens with one attached hydrogen (secondary N) is 1. The van der Waals surface area contributed by atoms with Crippen LogP contribution in [-0.2, 0) is 15.0 Å². The maximum Gasteiger partial charge on any atom is 0.411 e. The molecule has 1 N–H and O–H groups in total. The molecule has 2 atom stereocenters. The molecule has 27 heavy (non-hydrogen) atoms. The van der Waals surface area contributed by atoms with Gasteiger partial charge in [-0.15, -0.1) is 0 Å². The summed E-state index contributed by atoms with van der Waals surface area (Å²) >= 11 is 6.13. The zero-order chi connectivity index (χ0) is 20.0. The van der Waals surface area contributed by atoms with Crippen LogP contribution in [0.15, 0.2) is 0 Å². The third kappa shape index (κ3) is 3.48. The normalized spacial score (nSPS) is 24.7. The van der Waals surface area contributed by atoms with Crippen molar-refractivity contribution < 1.29 is 19.1 Å². The van der Waals surface area contributed by atoms with Gasteiger partial charge in [0.2, 0.25) is 5.28 Å². The van der Waals surface area contributed by atoms with Gasteiger partial charge in [-0.3, -0.25) is 4.90 Å². The molecule has 0 aliphatic carbocycles.